The molecule has 2 unspecified atom stereocenters. The van der Waals surface area contributed by atoms with Crippen molar-refractivity contribution in [1.82, 2.24) is 5.32 Å². The van der Waals surface area contributed by atoms with Crippen LogP contribution in [0.5, 0.6) is 5.75 Å². The lowest BCUT2D eigenvalue weighted by atomic mass is 9.92. The van der Waals surface area contributed by atoms with Gasteiger partial charge in [-0.3, -0.25) is 4.79 Å². The molecule has 110 valence electrons. The Morgan fingerprint density at radius 3 is 2.85 bits per heavy atom. The van der Waals surface area contributed by atoms with Gasteiger partial charge in [-0.05, 0) is 43.7 Å². The highest BCUT2D eigenvalue weighted by atomic mass is 19.1. The lowest BCUT2D eigenvalue weighted by Gasteiger charge is -2.20. The molecule has 0 aromatic heterocycles. The molecule has 1 fully saturated rings. The number of ether oxygens (including phenoxy) is 1. The molecule has 0 spiro atoms. The predicted octanol–water partition coefficient (Wildman–Crippen LogP) is 3.29. The maximum Gasteiger partial charge on any atom is 0.260 e. The van der Waals surface area contributed by atoms with E-state index >= 15 is 0 Å². The molecule has 1 amide bonds. The van der Waals surface area contributed by atoms with Crippen molar-refractivity contribution >= 4 is 5.91 Å². The number of carbonyl (C=O) groups is 1. The Balaban J connectivity index is 1.86. The molecular weight excluding hydrogens is 257 g/mol. The average molecular weight is 279 g/mol. The van der Waals surface area contributed by atoms with Gasteiger partial charge in [0, 0.05) is 12.1 Å². The van der Waals surface area contributed by atoms with Gasteiger partial charge in [-0.1, -0.05) is 19.9 Å². The van der Waals surface area contributed by atoms with Gasteiger partial charge in [0.25, 0.3) is 5.91 Å². The monoisotopic (exact) mass is 279 g/mol. The Morgan fingerprint density at radius 1 is 1.50 bits per heavy atom. The largest absolute Gasteiger partial charge is 0.481 e. The fraction of sp³-hybridized carbons (Fsp3) is 0.562. The van der Waals surface area contributed by atoms with Crippen LogP contribution in [0.1, 0.15) is 40.0 Å². The Kier molecular flexibility index (Phi) is 4.31. The summed E-state index contributed by atoms with van der Waals surface area (Å²) in [4.78, 5) is 12.1. The Labute approximate surface area is 119 Å². The van der Waals surface area contributed by atoms with Gasteiger partial charge >= 0.3 is 0 Å². The smallest absolute Gasteiger partial charge is 0.260 e. The van der Waals surface area contributed by atoms with Crippen LogP contribution in [0.25, 0.3) is 0 Å². The zero-order chi connectivity index (χ0) is 14.8. The lowest BCUT2D eigenvalue weighted by Crippen LogP contribution is -2.41. The second kappa shape index (κ2) is 5.81. The molecule has 0 bridgehead atoms. The molecule has 1 aliphatic carbocycles. The quantitative estimate of drug-likeness (QED) is 0.918. The minimum absolute atomic E-state index is 0.142. The van der Waals surface area contributed by atoms with Crippen molar-refractivity contribution in [2.75, 3.05) is 0 Å². The average Bonchev–Trinajstić information content (AvgIpc) is 2.68. The summed E-state index contributed by atoms with van der Waals surface area (Å²) in [6.07, 6.45) is 2.49. The number of benzene rings is 1. The van der Waals surface area contributed by atoms with Crippen LogP contribution < -0.4 is 10.1 Å². The first-order valence-corrected chi connectivity index (χ1v) is 7.08. The van der Waals surface area contributed by atoms with Gasteiger partial charge in [-0.15, -0.1) is 0 Å². The molecule has 2 atom stereocenters. The number of carbonyl (C=O) groups excluding carboxylic acids is 1. The van der Waals surface area contributed by atoms with Crippen LogP contribution in [-0.4, -0.2) is 18.1 Å². The van der Waals surface area contributed by atoms with Crippen LogP contribution in [0.15, 0.2) is 24.3 Å². The summed E-state index contributed by atoms with van der Waals surface area (Å²) in [5, 5.41) is 3.01. The topological polar surface area (TPSA) is 38.3 Å². The number of rotatable bonds is 4. The number of hydrogen-bond acceptors (Lipinski definition) is 2. The summed E-state index contributed by atoms with van der Waals surface area (Å²) >= 11 is 0. The normalized spacial score (nSPS) is 22.3. The van der Waals surface area contributed by atoms with E-state index in [-0.39, 0.29) is 17.8 Å². The Morgan fingerprint density at radius 2 is 2.25 bits per heavy atom. The fourth-order valence-electron chi connectivity index (χ4n) is 2.68. The van der Waals surface area contributed by atoms with E-state index in [1.54, 1.807) is 19.1 Å². The van der Waals surface area contributed by atoms with Crippen molar-refractivity contribution in [2.45, 2.75) is 52.2 Å². The van der Waals surface area contributed by atoms with Crippen molar-refractivity contribution in [2.24, 2.45) is 5.41 Å². The predicted molar refractivity (Wildman–Crippen MR) is 76.1 cm³/mol. The summed E-state index contributed by atoms with van der Waals surface area (Å²) in [5.74, 6) is -0.135. The van der Waals surface area contributed by atoms with E-state index in [4.69, 9.17) is 4.74 Å². The highest BCUT2D eigenvalue weighted by Crippen LogP contribution is 2.36. The first-order valence-electron chi connectivity index (χ1n) is 7.08. The van der Waals surface area contributed by atoms with Gasteiger partial charge in [-0.25, -0.2) is 4.39 Å². The van der Waals surface area contributed by atoms with E-state index in [0.29, 0.717) is 11.2 Å². The molecule has 3 nitrogen and oxygen atoms in total. The molecule has 0 saturated heterocycles. The summed E-state index contributed by atoms with van der Waals surface area (Å²) in [6, 6.07) is 6.05. The first kappa shape index (κ1) is 14.8. The van der Waals surface area contributed by atoms with E-state index in [1.807, 2.05) is 0 Å². The van der Waals surface area contributed by atoms with Crippen LogP contribution in [0.4, 0.5) is 4.39 Å². The summed E-state index contributed by atoms with van der Waals surface area (Å²) in [7, 11) is 0. The lowest BCUT2D eigenvalue weighted by molar-refractivity contribution is -0.128. The summed E-state index contributed by atoms with van der Waals surface area (Å²) in [6.45, 7) is 6.11. The third-order valence-electron chi connectivity index (χ3n) is 3.79. The first-order chi connectivity index (χ1) is 9.35. The van der Waals surface area contributed by atoms with Crippen molar-refractivity contribution in [3.63, 3.8) is 0 Å². The number of nitrogens with one attached hydrogen (secondary N) is 1. The van der Waals surface area contributed by atoms with Gasteiger partial charge in [-0.2, -0.15) is 0 Å². The SMILES string of the molecule is CC(Oc1cccc(F)c1)C(=O)NC1CCC(C)(C)C1. The van der Waals surface area contributed by atoms with Crippen LogP contribution >= 0.6 is 0 Å². The Bertz CT molecular complexity index is 487. The highest BCUT2D eigenvalue weighted by molar-refractivity contribution is 5.81. The summed E-state index contributed by atoms with van der Waals surface area (Å²) in [5.41, 5.74) is 0.296. The second-order valence-electron chi connectivity index (χ2n) is 6.33. The fourth-order valence-corrected chi connectivity index (χ4v) is 2.68. The van der Waals surface area contributed by atoms with Gasteiger partial charge in [0.2, 0.25) is 0 Å². The van der Waals surface area contributed by atoms with Crippen molar-refractivity contribution in [3.8, 4) is 5.75 Å². The highest BCUT2D eigenvalue weighted by Gasteiger charge is 2.32. The molecule has 0 radical (unpaired) electrons. The Hall–Kier alpha value is -1.58. The van der Waals surface area contributed by atoms with Gasteiger partial charge in [0.1, 0.15) is 11.6 Å². The molecule has 1 aromatic carbocycles. The van der Waals surface area contributed by atoms with E-state index in [0.717, 1.165) is 19.3 Å². The minimum atomic E-state index is -0.625. The molecule has 1 aliphatic rings. The molecule has 20 heavy (non-hydrogen) atoms. The maximum absolute atomic E-state index is 13.1. The number of amides is 1. The van der Waals surface area contributed by atoms with Gasteiger partial charge < -0.3 is 10.1 Å². The minimum Gasteiger partial charge on any atom is -0.481 e. The van der Waals surface area contributed by atoms with Crippen LogP contribution in [0.3, 0.4) is 0 Å². The van der Waals surface area contributed by atoms with Crippen LogP contribution in [-0.2, 0) is 4.79 Å². The molecule has 1 aromatic rings. The van der Waals surface area contributed by atoms with Gasteiger partial charge in [0.15, 0.2) is 6.10 Å². The summed E-state index contributed by atoms with van der Waals surface area (Å²) < 4.78 is 18.5. The van der Waals surface area contributed by atoms with Crippen molar-refractivity contribution in [3.05, 3.63) is 30.1 Å². The molecule has 1 saturated carbocycles. The molecule has 0 aliphatic heterocycles. The maximum atomic E-state index is 13.1. The van der Waals surface area contributed by atoms with Gasteiger partial charge in [0.05, 0.1) is 0 Å². The van der Waals surface area contributed by atoms with E-state index < -0.39 is 6.10 Å². The van der Waals surface area contributed by atoms with Crippen LogP contribution in [0, 0.1) is 11.2 Å². The standard InChI is InChI=1S/C16H22FNO2/c1-11(20-14-6-4-5-12(17)9-14)15(19)18-13-7-8-16(2,3)10-13/h4-6,9,11,13H,7-8,10H2,1-3H3,(H,18,19). The zero-order valence-corrected chi connectivity index (χ0v) is 12.3. The van der Waals surface area contributed by atoms with Crippen molar-refractivity contribution in [1.29, 1.82) is 0 Å². The van der Waals surface area contributed by atoms with E-state index in [9.17, 15) is 9.18 Å². The number of hydrogen-bond donors (Lipinski definition) is 1. The number of halogens is 1. The molecule has 2 rings (SSSR count). The van der Waals surface area contributed by atoms with Crippen LogP contribution in [0.2, 0.25) is 0 Å². The third-order valence-corrected chi connectivity index (χ3v) is 3.79. The van der Waals surface area contributed by atoms with E-state index in [1.165, 1.54) is 12.1 Å². The third kappa shape index (κ3) is 3.95. The molecule has 4 heteroatoms. The second-order valence-corrected chi connectivity index (χ2v) is 6.33. The molecule has 0 heterocycles. The van der Waals surface area contributed by atoms with Crippen molar-refractivity contribution < 1.29 is 13.9 Å². The molecular formula is C16H22FNO2. The molecule has 1 N–H and O–H groups in total. The zero-order valence-electron chi connectivity index (χ0n) is 12.3. The van der Waals surface area contributed by atoms with E-state index in [2.05, 4.69) is 19.2 Å².